The lowest BCUT2D eigenvalue weighted by Gasteiger charge is -2.12. The van der Waals surface area contributed by atoms with E-state index in [0.29, 0.717) is 5.65 Å². The fraction of sp³-hybridized carbons (Fsp3) is 0.125. The molecule has 0 saturated carbocycles. The molecule has 0 amide bonds. The van der Waals surface area contributed by atoms with Crippen LogP contribution in [0.1, 0.15) is 11.1 Å². The van der Waals surface area contributed by atoms with Crippen molar-refractivity contribution in [3.63, 3.8) is 0 Å². The number of nitrogens with one attached hydrogen (secondary N) is 1. The molecule has 6 heteroatoms. The Morgan fingerprint density at radius 2 is 1.82 bits per heavy atom. The highest BCUT2D eigenvalue weighted by atomic mass is 15.6. The summed E-state index contributed by atoms with van der Waals surface area (Å²) in [6.07, 6.45) is 0. The van der Waals surface area contributed by atoms with E-state index in [4.69, 9.17) is 0 Å². The normalized spacial score (nSPS) is 11.2. The van der Waals surface area contributed by atoms with Gasteiger partial charge < -0.3 is 5.32 Å². The Hall–Kier alpha value is -3.02. The molecule has 0 aliphatic heterocycles. The van der Waals surface area contributed by atoms with Crippen LogP contribution in [0.25, 0.3) is 16.4 Å². The molecular weight excluding hydrogens is 276 g/mol. The molecule has 0 aliphatic carbocycles. The highest BCUT2D eigenvalue weighted by Crippen LogP contribution is 2.27. The number of hydrogen-bond donors (Lipinski definition) is 1. The van der Waals surface area contributed by atoms with E-state index in [1.165, 1.54) is 10.2 Å². The zero-order chi connectivity index (χ0) is 15.1. The Kier molecular flexibility index (Phi) is 2.75. The first-order valence-electron chi connectivity index (χ1n) is 7.04. The molecule has 6 nitrogen and oxygen atoms in total. The van der Waals surface area contributed by atoms with Gasteiger partial charge in [0.25, 0.3) is 0 Å². The molecule has 0 aliphatic rings. The minimum absolute atomic E-state index is 0.655. The lowest BCUT2D eigenvalue weighted by atomic mass is 10.1. The van der Waals surface area contributed by atoms with Crippen molar-refractivity contribution in [3.8, 4) is 0 Å². The van der Waals surface area contributed by atoms with Gasteiger partial charge in [-0.3, -0.25) is 0 Å². The van der Waals surface area contributed by atoms with Gasteiger partial charge in [0.1, 0.15) is 0 Å². The summed E-state index contributed by atoms with van der Waals surface area (Å²) in [6.45, 7) is 4.14. The van der Waals surface area contributed by atoms with Crippen LogP contribution in [0.3, 0.4) is 0 Å². The summed E-state index contributed by atoms with van der Waals surface area (Å²) < 4.78 is 1.45. The van der Waals surface area contributed by atoms with Gasteiger partial charge in [-0.05, 0) is 41.5 Å². The van der Waals surface area contributed by atoms with Crippen molar-refractivity contribution in [3.05, 3.63) is 53.6 Å². The quantitative estimate of drug-likeness (QED) is 0.614. The Morgan fingerprint density at radius 1 is 1.00 bits per heavy atom. The highest BCUT2D eigenvalue weighted by Gasteiger charge is 2.11. The molecule has 0 atom stereocenters. The number of benzene rings is 2. The Labute approximate surface area is 126 Å². The number of rotatable bonds is 2. The largest absolute Gasteiger partial charge is 0.338 e. The number of nitrogens with zero attached hydrogens (tertiary/aromatic N) is 5. The second-order valence-electron chi connectivity index (χ2n) is 5.33. The summed E-state index contributed by atoms with van der Waals surface area (Å²) in [5.41, 5.74) is 4.04. The van der Waals surface area contributed by atoms with Crippen LogP contribution < -0.4 is 5.32 Å². The topological polar surface area (TPSA) is 68.0 Å². The summed E-state index contributed by atoms with van der Waals surface area (Å²) in [5.74, 6) is 0.740. The SMILES string of the molecule is Cc1ccc(C)c(Nc2nn3nnnc3c3ccccc23)c1. The smallest absolute Gasteiger partial charge is 0.207 e. The average molecular weight is 290 g/mol. The van der Waals surface area contributed by atoms with Crippen LogP contribution in [0.4, 0.5) is 11.5 Å². The molecule has 0 unspecified atom stereocenters. The lowest BCUT2D eigenvalue weighted by Crippen LogP contribution is -2.03. The van der Waals surface area contributed by atoms with Crippen molar-refractivity contribution in [1.29, 1.82) is 0 Å². The second kappa shape index (κ2) is 4.77. The van der Waals surface area contributed by atoms with Crippen LogP contribution in [0.5, 0.6) is 0 Å². The standard InChI is InChI=1S/C16H14N6/c1-10-7-8-11(2)14(9-10)17-15-12-5-3-4-6-13(12)16-18-20-21-22(16)19-15/h3-9H,1-2H3,(H,17,19). The fourth-order valence-corrected chi connectivity index (χ4v) is 2.54. The highest BCUT2D eigenvalue weighted by molar-refractivity contribution is 6.00. The molecule has 0 fully saturated rings. The van der Waals surface area contributed by atoms with Gasteiger partial charge in [-0.2, -0.15) is 0 Å². The molecule has 4 aromatic rings. The monoisotopic (exact) mass is 290 g/mol. The summed E-state index contributed by atoms with van der Waals surface area (Å²) in [4.78, 5) is 0. The van der Waals surface area contributed by atoms with Crippen LogP contribution in [0.15, 0.2) is 42.5 Å². The van der Waals surface area contributed by atoms with E-state index >= 15 is 0 Å². The maximum absolute atomic E-state index is 4.50. The molecule has 4 rings (SSSR count). The van der Waals surface area contributed by atoms with E-state index in [-0.39, 0.29) is 0 Å². The van der Waals surface area contributed by atoms with Gasteiger partial charge in [0.2, 0.25) is 5.65 Å². The summed E-state index contributed by atoms with van der Waals surface area (Å²) in [6, 6.07) is 14.3. The minimum Gasteiger partial charge on any atom is -0.338 e. The van der Waals surface area contributed by atoms with Crippen molar-refractivity contribution in [2.75, 3.05) is 5.32 Å². The third kappa shape index (κ3) is 1.96. The van der Waals surface area contributed by atoms with Crippen molar-refractivity contribution in [1.82, 2.24) is 25.3 Å². The maximum atomic E-state index is 4.50. The van der Waals surface area contributed by atoms with Gasteiger partial charge in [-0.1, -0.05) is 36.4 Å². The molecule has 0 saturated heterocycles. The summed E-state index contributed by atoms with van der Waals surface area (Å²) in [7, 11) is 0. The number of aromatic nitrogens is 5. The Morgan fingerprint density at radius 3 is 2.68 bits per heavy atom. The number of tetrazole rings is 1. The zero-order valence-electron chi connectivity index (χ0n) is 12.3. The molecule has 0 bridgehead atoms. The van der Waals surface area contributed by atoms with Crippen molar-refractivity contribution in [2.45, 2.75) is 13.8 Å². The van der Waals surface area contributed by atoms with E-state index in [1.54, 1.807) is 0 Å². The number of hydrogen-bond acceptors (Lipinski definition) is 5. The van der Waals surface area contributed by atoms with Gasteiger partial charge >= 0.3 is 0 Å². The molecule has 1 N–H and O–H groups in total. The van der Waals surface area contributed by atoms with Gasteiger partial charge in [-0.15, -0.1) is 14.8 Å². The zero-order valence-corrected chi connectivity index (χ0v) is 12.3. The lowest BCUT2D eigenvalue weighted by molar-refractivity contribution is 0.739. The van der Waals surface area contributed by atoms with Crippen LogP contribution >= 0.6 is 0 Å². The molecule has 0 spiro atoms. The molecule has 0 radical (unpaired) electrons. The Bertz CT molecular complexity index is 988. The third-order valence-electron chi connectivity index (χ3n) is 3.72. The first kappa shape index (κ1) is 12.7. The van der Waals surface area contributed by atoms with Crippen molar-refractivity contribution >= 4 is 27.9 Å². The summed E-state index contributed by atoms with van der Waals surface area (Å²) >= 11 is 0. The average Bonchev–Trinajstić information content (AvgIpc) is 3.00. The first-order valence-corrected chi connectivity index (χ1v) is 7.04. The Balaban J connectivity index is 1.94. The van der Waals surface area contributed by atoms with Crippen molar-refractivity contribution < 1.29 is 0 Å². The predicted octanol–water partition coefficient (Wildman–Crippen LogP) is 3.03. The van der Waals surface area contributed by atoms with Crippen molar-refractivity contribution in [2.24, 2.45) is 0 Å². The number of aryl methyl sites for hydroxylation is 2. The van der Waals surface area contributed by atoms with E-state index in [9.17, 15) is 0 Å². The van der Waals surface area contributed by atoms with Gasteiger partial charge in [-0.25, -0.2) is 0 Å². The third-order valence-corrected chi connectivity index (χ3v) is 3.72. The van der Waals surface area contributed by atoms with E-state index in [1.807, 2.05) is 24.3 Å². The van der Waals surface area contributed by atoms with Gasteiger partial charge in [0, 0.05) is 16.5 Å². The van der Waals surface area contributed by atoms with E-state index < -0.39 is 0 Å². The molecule has 22 heavy (non-hydrogen) atoms. The van der Waals surface area contributed by atoms with Crippen LogP contribution in [0, 0.1) is 13.8 Å². The van der Waals surface area contributed by atoms with Crippen LogP contribution in [-0.2, 0) is 0 Å². The second-order valence-corrected chi connectivity index (χ2v) is 5.33. The summed E-state index contributed by atoms with van der Waals surface area (Å²) in [5, 5.41) is 21.5. The minimum atomic E-state index is 0.655. The number of anilines is 2. The molecule has 2 aromatic heterocycles. The van der Waals surface area contributed by atoms with Gasteiger partial charge in [0.05, 0.1) is 0 Å². The van der Waals surface area contributed by atoms with E-state index in [2.05, 4.69) is 58.0 Å². The van der Waals surface area contributed by atoms with Gasteiger partial charge in [0.15, 0.2) is 5.82 Å². The molecule has 2 heterocycles. The predicted molar refractivity (Wildman–Crippen MR) is 85.3 cm³/mol. The number of fused-ring (bicyclic) bond motifs is 3. The molecule has 2 aromatic carbocycles. The van der Waals surface area contributed by atoms with Crippen LogP contribution in [-0.4, -0.2) is 25.3 Å². The molecular formula is C16H14N6. The fourth-order valence-electron chi connectivity index (χ4n) is 2.54. The first-order chi connectivity index (χ1) is 10.7. The van der Waals surface area contributed by atoms with E-state index in [0.717, 1.165) is 27.8 Å². The maximum Gasteiger partial charge on any atom is 0.207 e. The molecule has 108 valence electrons. The van der Waals surface area contributed by atoms with Crippen LogP contribution in [0.2, 0.25) is 0 Å².